The fourth-order valence-electron chi connectivity index (χ4n) is 2.73. The second-order valence-corrected chi connectivity index (χ2v) is 6.84. The number of rotatable bonds is 3. The van der Waals surface area contributed by atoms with Gasteiger partial charge < -0.3 is 5.11 Å². The molecule has 1 atom stereocenters. The lowest BCUT2D eigenvalue weighted by Gasteiger charge is -2.25. The normalized spacial score (nSPS) is 14.0. The van der Waals surface area contributed by atoms with Gasteiger partial charge in [-0.2, -0.15) is 0 Å². The van der Waals surface area contributed by atoms with E-state index >= 15 is 0 Å². The van der Waals surface area contributed by atoms with Crippen molar-refractivity contribution in [2.75, 3.05) is 0 Å². The van der Waals surface area contributed by atoms with Crippen molar-refractivity contribution in [1.82, 2.24) is 0 Å². The van der Waals surface area contributed by atoms with Gasteiger partial charge in [0, 0.05) is 9.99 Å². The molecular formula is C19H17IO. The summed E-state index contributed by atoms with van der Waals surface area (Å²) >= 11 is 2.28. The van der Waals surface area contributed by atoms with E-state index in [4.69, 9.17) is 0 Å². The van der Waals surface area contributed by atoms with Crippen molar-refractivity contribution in [2.45, 2.75) is 18.9 Å². The van der Waals surface area contributed by atoms with Crippen LogP contribution in [0.2, 0.25) is 0 Å². The molecule has 21 heavy (non-hydrogen) atoms. The molecule has 1 nitrogen and oxygen atoms in total. The Morgan fingerprint density at radius 3 is 2.33 bits per heavy atom. The minimum absolute atomic E-state index is 0.606. The summed E-state index contributed by atoms with van der Waals surface area (Å²) in [4.78, 5) is 0. The molecule has 0 saturated heterocycles. The van der Waals surface area contributed by atoms with Gasteiger partial charge in [0.05, 0.1) is 5.60 Å². The standard InChI is InChI=1S/C19H17IO/c1-19(21,16-9-11-17(20)12-10-16)13-15-7-4-6-14-5-2-3-8-18(14)15/h2-12,21H,13H2,1H3. The monoisotopic (exact) mass is 388 g/mol. The lowest BCUT2D eigenvalue weighted by Crippen LogP contribution is -2.24. The van der Waals surface area contributed by atoms with Crippen LogP contribution in [0.15, 0.2) is 66.7 Å². The highest BCUT2D eigenvalue weighted by Gasteiger charge is 2.24. The third-order valence-corrected chi connectivity index (χ3v) is 4.60. The van der Waals surface area contributed by atoms with Gasteiger partial charge in [-0.15, -0.1) is 0 Å². The zero-order valence-electron chi connectivity index (χ0n) is 11.9. The molecule has 2 heteroatoms. The molecule has 3 aromatic rings. The lowest BCUT2D eigenvalue weighted by molar-refractivity contribution is 0.0579. The van der Waals surface area contributed by atoms with Crippen LogP contribution >= 0.6 is 22.6 Å². The fourth-order valence-corrected chi connectivity index (χ4v) is 3.09. The van der Waals surface area contributed by atoms with Crippen molar-refractivity contribution >= 4 is 33.4 Å². The third-order valence-electron chi connectivity index (χ3n) is 3.88. The van der Waals surface area contributed by atoms with Gasteiger partial charge in [-0.25, -0.2) is 0 Å². The largest absolute Gasteiger partial charge is 0.385 e. The van der Waals surface area contributed by atoms with Gasteiger partial charge in [-0.3, -0.25) is 0 Å². The Morgan fingerprint density at radius 1 is 0.905 bits per heavy atom. The van der Waals surface area contributed by atoms with Crippen LogP contribution in [0.5, 0.6) is 0 Å². The van der Waals surface area contributed by atoms with Gasteiger partial charge in [-0.1, -0.05) is 54.6 Å². The summed E-state index contributed by atoms with van der Waals surface area (Å²) in [5.41, 5.74) is 1.27. The van der Waals surface area contributed by atoms with Crippen LogP contribution < -0.4 is 0 Å². The SMILES string of the molecule is CC(O)(Cc1cccc2ccccc12)c1ccc(I)cc1. The Bertz CT molecular complexity index is 755. The van der Waals surface area contributed by atoms with Gasteiger partial charge in [0.1, 0.15) is 0 Å². The average molecular weight is 388 g/mol. The van der Waals surface area contributed by atoms with Crippen LogP contribution in [-0.2, 0) is 12.0 Å². The van der Waals surface area contributed by atoms with Crippen molar-refractivity contribution < 1.29 is 5.11 Å². The van der Waals surface area contributed by atoms with E-state index in [1.807, 2.05) is 43.3 Å². The maximum atomic E-state index is 10.9. The second kappa shape index (κ2) is 5.78. The summed E-state index contributed by atoms with van der Waals surface area (Å²) in [6.07, 6.45) is 0.606. The van der Waals surface area contributed by atoms with Crippen molar-refractivity contribution in [3.63, 3.8) is 0 Å². The summed E-state index contributed by atoms with van der Waals surface area (Å²) in [6.45, 7) is 1.89. The van der Waals surface area contributed by atoms with Crippen molar-refractivity contribution in [1.29, 1.82) is 0 Å². The number of hydrogen-bond acceptors (Lipinski definition) is 1. The molecule has 0 radical (unpaired) electrons. The highest BCUT2D eigenvalue weighted by molar-refractivity contribution is 14.1. The Balaban J connectivity index is 1.99. The van der Waals surface area contributed by atoms with E-state index in [1.54, 1.807) is 0 Å². The molecule has 0 heterocycles. The van der Waals surface area contributed by atoms with Crippen molar-refractivity contribution in [3.8, 4) is 0 Å². The molecule has 0 aliphatic rings. The minimum atomic E-state index is -0.867. The summed E-state index contributed by atoms with van der Waals surface area (Å²) in [5.74, 6) is 0. The summed E-state index contributed by atoms with van der Waals surface area (Å²) in [6, 6.07) is 22.7. The first-order chi connectivity index (χ1) is 10.1. The molecule has 3 rings (SSSR count). The maximum Gasteiger partial charge on any atom is 0.0908 e. The first-order valence-electron chi connectivity index (χ1n) is 7.01. The maximum absolute atomic E-state index is 10.9. The van der Waals surface area contributed by atoms with E-state index < -0.39 is 5.60 Å². The van der Waals surface area contributed by atoms with Gasteiger partial charge in [-0.05, 0) is 63.5 Å². The van der Waals surface area contributed by atoms with Crippen LogP contribution in [-0.4, -0.2) is 5.11 Å². The second-order valence-electron chi connectivity index (χ2n) is 5.60. The number of aliphatic hydroxyl groups is 1. The molecule has 1 unspecified atom stereocenters. The van der Waals surface area contributed by atoms with Gasteiger partial charge in [0.15, 0.2) is 0 Å². The molecule has 106 valence electrons. The molecule has 0 spiro atoms. The van der Waals surface area contributed by atoms with Crippen LogP contribution in [0.3, 0.4) is 0 Å². The molecule has 0 amide bonds. The number of fused-ring (bicyclic) bond motifs is 1. The fraction of sp³-hybridized carbons (Fsp3) is 0.158. The molecule has 0 aliphatic carbocycles. The number of benzene rings is 3. The quantitative estimate of drug-likeness (QED) is 0.634. The van der Waals surface area contributed by atoms with E-state index in [2.05, 4.69) is 52.9 Å². The predicted molar refractivity (Wildman–Crippen MR) is 96.4 cm³/mol. The van der Waals surface area contributed by atoms with Crippen LogP contribution in [0.4, 0.5) is 0 Å². The summed E-state index contributed by atoms with van der Waals surface area (Å²) in [5, 5.41) is 13.3. The third kappa shape index (κ3) is 3.11. The average Bonchev–Trinajstić information content (AvgIpc) is 2.48. The number of hydrogen-bond donors (Lipinski definition) is 1. The molecule has 0 saturated carbocycles. The van der Waals surface area contributed by atoms with Crippen LogP contribution in [0.25, 0.3) is 10.8 Å². The molecule has 3 aromatic carbocycles. The van der Waals surface area contributed by atoms with Gasteiger partial charge in [0.25, 0.3) is 0 Å². The van der Waals surface area contributed by atoms with Crippen molar-refractivity contribution in [2.24, 2.45) is 0 Å². The topological polar surface area (TPSA) is 20.2 Å². The lowest BCUT2D eigenvalue weighted by atomic mass is 9.87. The van der Waals surface area contributed by atoms with Crippen molar-refractivity contribution in [3.05, 3.63) is 81.4 Å². The summed E-state index contributed by atoms with van der Waals surface area (Å²) < 4.78 is 1.18. The molecule has 0 bridgehead atoms. The smallest absolute Gasteiger partial charge is 0.0908 e. The van der Waals surface area contributed by atoms with Crippen LogP contribution in [0.1, 0.15) is 18.1 Å². The highest BCUT2D eigenvalue weighted by atomic mass is 127. The molecule has 0 aromatic heterocycles. The van der Waals surface area contributed by atoms with E-state index in [0.717, 1.165) is 5.56 Å². The van der Waals surface area contributed by atoms with E-state index in [0.29, 0.717) is 6.42 Å². The zero-order chi connectivity index (χ0) is 14.9. The van der Waals surface area contributed by atoms with Crippen LogP contribution in [0, 0.1) is 3.57 Å². The Labute approximate surface area is 138 Å². The molecule has 0 aliphatic heterocycles. The Hall–Kier alpha value is -1.39. The molecular weight excluding hydrogens is 371 g/mol. The molecule has 0 fully saturated rings. The Morgan fingerprint density at radius 2 is 1.57 bits per heavy atom. The van der Waals surface area contributed by atoms with E-state index in [9.17, 15) is 5.11 Å². The van der Waals surface area contributed by atoms with E-state index in [-0.39, 0.29) is 0 Å². The molecule has 1 N–H and O–H groups in total. The first kappa shape index (κ1) is 14.5. The summed E-state index contributed by atoms with van der Waals surface area (Å²) in [7, 11) is 0. The van der Waals surface area contributed by atoms with Gasteiger partial charge >= 0.3 is 0 Å². The van der Waals surface area contributed by atoms with Gasteiger partial charge in [0.2, 0.25) is 0 Å². The zero-order valence-corrected chi connectivity index (χ0v) is 14.0. The minimum Gasteiger partial charge on any atom is -0.385 e. The predicted octanol–water partition coefficient (Wildman–Crippen LogP) is 4.89. The number of halogens is 1. The van der Waals surface area contributed by atoms with E-state index in [1.165, 1.54) is 19.9 Å². The highest BCUT2D eigenvalue weighted by Crippen LogP contribution is 2.29. The first-order valence-corrected chi connectivity index (χ1v) is 8.09. The Kier molecular flexibility index (Phi) is 4.00.